The molecule has 0 bridgehead atoms. The molecular weight excluding hydrogens is 321 g/mol. The molecule has 1 N–H and O–H groups in total. The van der Waals surface area contributed by atoms with E-state index in [4.69, 9.17) is 9.47 Å². The van der Waals surface area contributed by atoms with Gasteiger partial charge in [-0.15, -0.1) is 0 Å². The molecule has 24 heavy (non-hydrogen) atoms. The second-order valence-corrected chi connectivity index (χ2v) is 6.48. The van der Waals surface area contributed by atoms with Crippen LogP contribution in [0.5, 0.6) is 11.5 Å². The van der Waals surface area contributed by atoms with Gasteiger partial charge in [0.25, 0.3) is 0 Å². The van der Waals surface area contributed by atoms with Crippen LogP contribution in [0.25, 0.3) is 0 Å². The predicted octanol–water partition coefficient (Wildman–Crippen LogP) is 3.48. The van der Waals surface area contributed by atoms with Gasteiger partial charge in [0.05, 0.1) is 6.42 Å². The fourth-order valence-corrected chi connectivity index (χ4v) is 3.24. The molecular formula is C17H23F3N2O2. The van der Waals surface area contributed by atoms with Crippen molar-refractivity contribution in [3.8, 4) is 11.5 Å². The van der Waals surface area contributed by atoms with Crippen LogP contribution in [-0.4, -0.2) is 43.5 Å². The Morgan fingerprint density at radius 1 is 1.21 bits per heavy atom. The Bertz CT molecular complexity index is 557. The molecule has 1 aromatic carbocycles. The van der Waals surface area contributed by atoms with Gasteiger partial charge < -0.3 is 19.7 Å². The number of halogens is 3. The molecule has 1 atom stereocenters. The summed E-state index contributed by atoms with van der Waals surface area (Å²) >= 11 is 0. The normalized spacial score (nSPS) is 20.3. The number of rotatable bonds is 5. The highest BCUT2D eigenvalue weighted by atomic mass is 19.4. The zero-order valence-corrected chi connectivity index (χ0v) is 13.7. The molecule has 134 valence electrons. The minimum atomic E-state index is -4.07. The molecule has 1 aromatic rings. The van der Waals surface area contributed by atoms with E-state index in [0.717, 1.165) is 29.9 Å². The van der Waals surface area contributed by atoms with E-state index in [1.165, 1.54) is 0 Å². The number of hydrogen-bond donors (Lipinski definition) is 1. The molecule has 7 heteroatoms. The van der Waals surface area contributed by atoms with Gasteiger partial charge in [-0.05, 0) is 50.6 Å². The summed E-state index contributed by atoms with van der Waals surface area (Å²) in [5.74, 6) is 1.53. The molecule has 0 unspecified atom stereocenters. The quantitative estimate of drug-likeness (QED) is 0.887. The second-order valence-electron chi connectivity index (χ2n) is 6.48. The van der Waals surface area contributed by atoms with E-state index in [-0.39, 0.29) is 19.4 Å². The van der Waals surface area contributed by atoms with Gasteiger partial charge >= 0.3 is 6.18 Å². The number of nitrogens with one attached hydrogen (secondary N) is 1. The number of alkyl halides is 3. The molecule has 1 saturated heterocycles. The van der Waals surface area contributed by atoms with Crippen LogP contribution >= 0.6 is 0 Å². The van der Waals surface area contributed by atoms with Crippen molar-refractivity contribution in [2.45, 2.75) is 44.4 Å². The number of likely N-dealkylation sites (tertiary alicyclic amines) is 1. The summed E-state index contributed by atoms with van der Waals surface area (Å²) in [5, 5.41) is 3.57. The summed E-state index contributed by atoms with van der Waals surface area (Å²) in [4.78, 5) is 1.90. The molecule has 0 spiro atoms. The van der Waals surface area contributed by atoms with Gasteiger partial charge in [0, 0.05) is 18.6 Å². The smallest absolute Gasteiger partial charge is 0.390 e. The second kappa shape index (κ2) is 7.19. The lowest BCUT2D eigenvalue weighted by molar-refractivity contribution is -0.138. The van der Waals surface area contributed by atoms with E-state index in [2.05, 4.69) is 12.2 Å². The lowest BCUT2D eigenvalue weighted by atomic mass is 10.0. The van der Waals surface area contributed by atoms with Crippen molar-refractivity contribution in [1.82, 2.24) is 10.2 Å². The number of benzene rings is 1. The summed E-state index contributed by atoms with van der Waals surface area (Å²) in [6.45, 7) is 3.88. The van der Waals surface area contributed by atoms with Gasteiger partial charge in [-0.2, -0.15) is 13.2 Å². The first kappa shape index (κ1) is 17.4. The molecule has 0 radical (unpaired) electrons. The topological polar surface area (TPSA) is 33.7 Å². The first-order valence-corrected chi connectivity index (χ1v) is 8.35. The van der Waals surface area contributed by atoms with Crippen molar-refractivity contribution >= 4 is 0 Å². The minimum absolute atomic E-state index is 0.105. The SMILES string of the molecule is C[C@@H](NC1CCN(CCC(F)(F)F)CC1)c1ccc2c(c1)OCO2. The summed E-state index contributed by atoms with van der Waals surface area (Å²) in [6, 6.07) is 6.40. The first-order chi connectivity index (χ1) is 11.4. The van der Waals surface area contributed by atoms with Crippen LogP contribution in [0.3, 0.4) is 0 Å². The van der Waals surface area contributed by atoms with Crippen LogP contribution in [-0.2, 0) is 0 Å². The van der Waals surface area contributed by atoms with Crippen LogP contribution < -0.4 is 14.8 Å². The highest BCUT2D eigenvalue weighted by molar-refractivity contribution is 5.45. The Morgan fingerprint density at radius 2 is 1.92 bits per heavy atom. The lowest BCUT2D eigenvalue weighted by Gasteiger charge is -2.34. The molecule has 3 rings (SSSR count). The molecule has 0 aliphatic carbocycles. The van der Waals surface area contributed by atoms with E-state index in [0.29, 0.717) is 19.1 Å². The monoisotopic (exact) mass is 344 g/mol. The Labute approximate surface area is 139 Å². The fourth-order valence-electron chi connectivity index (χ4n) is 3.24. The van der Waals surface area contributed by atoms with Crippen molar-refractivity contribution in [2.24, 2.45) is 0 Å². The van der Waals surface area contributed by atoms with E-state index >= 15 is 0 Å². The van der Waals surface area contributed by atoms with Crippen molar-refractivity contribution in [1.29, 1.82) is 0 Å². The zero-order chi connectivity index (χ0) is 17.2. The van der Waals surface area contributed by atoms with Crippen molar-refractivity contribution in [3.05, 3.63) is 23.8 Å². The highest BCUT2D eigenvalue weighted by Crippen LogP contribution is 2.34. The fraction of sp³-hybridized carbons (Fsp3) is 0.647. The van der Waals surface area contributed by atoms with Crippen molar-refractivity contribution in [2.75, 3.05) is 26.4 Å². The number of fused-ring (bicyclic) bond motifs is 1. The van der Waals surface area contributed by atoms with Crippen molar-refractivity contribution in [3.63, 3.8) is 0 Å². The first-order valence-electron chi connectivity index (χ1n) is 8.35. The average molecular weight is 344 g/mol. The zero-order valence-electron chi connectivity index (χ0n) is 13.7. The maximum Gasteiger partial charge on any atom is 0.390 e. The minimum Gasteiger partial charge on any atom is -0.454 e. The Hall–Kier alpha value is -1.47. The van der Waals surface area contributed by atoms with Crippen LogP contribution in [0.1, 0.15) is 37.8 Å². The van der Waals surface area contributed by atoms with E-state index in [1.807, 2.05) is 23.1 Å². The number of hydrogen-bond acceptors (Lipinski definition) is 4. The number of nitrogens with zero attached hydrogens (tertiary/aromatic N) is 1. The molecule has 2 heterocycles. The Balaban J connectivity index is 1.46. The molecule has 1 fully saturated rings. The molecule has 2 aliphatic rings. The van der Waals surface area contributed by atoms with Crippen LogP contribution in [0, 0.1) is 0 Å². The number of piperidine rings is 1. The third kappa shape index (κ3) is 4.54. The highest BCUT2D eigenvalue weighted by Gasteiger charge is 2.29. The maximum absolute atomic E-state index is 12.3. The van der Waals surface area contributed by atoms with Crippen LogP contribution in [0.2, 0.25) is 0 Å². The van der Waals surface area contributed by atoms with Gasteiger partial charge in [0.1, 0.15) is 0 Å². The van der Waals surface area contributed by atoms with Gasteiger partial charge in [0.15, 0.2) is 11.5 Å². The van der Waals surface area contributed by atoms with Gasteiger partial charge in [0.2, 0.25) is 6.79 Å². The summed E-state index contributed by atoms with van der Waals surface area (Å²) < 4.78 is 47.6. The van der Waals surface area contributed by atoms with Crippen LogP contribution in [0.4, 0.5) is 13.2 Å². The van der Waals surface area contributed by atoms with Crippen molar-refractivity contribution < 1.29 is 22.6 Å². The molecule has 0 saturated carbocycles. The number of ether oxygens (including phenoxy) is 2. The standard InChI is InChI=1S/C17H23F3N2O2/c1-12(13-2-3-15-16(10-13)24-11-23-15)21-14-4-7-22(8-5-14)9-6-17(18,19)20/h2-3,10,12,14,21H,4-9,11H2,1H3/t12-/m1/s1. The Kier molecular flexibility index (Phi) is 5.20. The third-order valence-electron chi connectivity index (χ3n) is 4.68. The molecule has 4 nitrogen and oxygen atoms in total. The largest absolute Gasteiger partial charge is 0.454 e. The van der Waals surface area contributed by atoms with Crippen LogP contribution in [0.15, 0.2) is 18.2 Å². The van der Waals surface area contributed by atoms with E-state index in [1.54, 1.807) is 0 Å². The summed E-state index contributed by atoms with van der Waals surface area (Å²) in [6.07, 6.45) is -3.05. The average Bonchev–Trinajstić information content (AvgIpc) is 3.01. The molecule has 0 amide bonds. The van der Waals surface area contributed by atoms with E-state index < -0.39 is 12.6 Å². The Morgan fingerprint density at radius 3 is 2.62 bits per heavy atom. The third-order valence-corrected chi connectivity index (χ3v) is 4.68. The summed E-state index contributed by atoms with van der Waals surface area (Å²) in [7, 11) is 0. The van der Waals surface area contributed by atoms with E-state index in [9.17, 15) is 13.2 Å². The lowest BCUT2D eigenvalue weighted by Crippen LogP contribution is -2.44. The maximum atomic E-state index is 12.3. The van der Waals surface area contributed by atoms with Gasteiger partial charge in [-0.1, -0.05) is 6.07 Å². The predicted molar refractivity (Wildman–Crippen MR) is 84.2 cm³/mol. The van der Waals surface area contributed by atoms with Gasteiger partial charge in [-0.3, -0.25) is 0 Å². The molecule has 2 aliphatic heterocycles. The van der Waals surface area contributed by atoms with Gasteiger partial charge in [-0.25, -0.2) is 0 Å². The summed E-state index contributed by atoms with van der Waals surface area (Å²) in [5.41, 5.74) is 1.12. The molecule has 0 aromatic heterocycles.